The van der Waals surface area contributed by atoms with Crippen LogP contribution in [0.5, 0.6) is 0 Å². The van der Waals surface area contributed by atoms with Crippen LogP contribution in [-0.2, 0) is 4.79 Å². The summed E-state index contributed by atoms with van der Waals surface area (Å²) in [5.41, 5.74) is 1.97. The minimum absolute atomic E-state index is 0.0337. The van der Waals surface area contributed by atoms with Gasteiger partial charge in [-0.05, 0) is 37.6 Å². The molecular formula is C26H21FN2O4S. The third-order valence-corrected chi connectivity index (χ3v) is 6.96. The maximum atomic E-state index is 15.0. The van der Waals surface area contributed by atoms with Gasteiger partial charge in [-0.1, -0.05) is 59.8 Å². The number of aliphatic hydroxyl groups excluding tert-OH is 1. The third kappa shape index (κ3) is 3.74. The minimum atomic E-state index is -1.17. The number of rotatable bonds is 4. The van der Waals surface area contributed by atoms with Crippen molar-refractivity contribution >= 4 is 28.6 Å². The van der Waals surface area contributed by atoms with Gasteiger partial charge in [-0.25, -0.2) is 4.39 Å². The SMILES string of the molecule is Cc1ccc(C2CSC(N3C(=O)C(O)=C(C(=O)c4ccc(C)o4)C3c3ccccc3F)=N2)cc1. The van der Waals surface area contributed by atoms with Gasteiger partial charge in [-0.15, -0.1) is 0 Å². The quantitative estimate of drug-likeness (QED) is 0.506. The molecule has 2 aliphatic rings. The van der Waals surface area contributed by atoms with Crippen molar-refractivity contribution < 1.29 is 23.5 Å². The van der Waals surface area contributed by atoms with Crippen LogP contribution in [0.15, 0.2) is 81.4 Å². The largest absolute Gasteiger partial charge is 0.503 e. The highest BCUT2D eigenvalue weighted by Gasteiger charge is 2.48. The third-order valence-electron chi connectivity index (χ3n) is 5.92. The number of carbonyl (C=O) groups excluding carboxylic acids is 2. The van der Waals surface area contributed by atoms with E-state index in [0.29, 0.717) is 16.7 Å². The molecule has 0 saturated carbocycles. The van der Waals surface area contributed by atoms with Crippen molar-refractivity contribution in [3.05, 3.63) is 106 Å². The van der Waals surface area contributed by atoms with Crippen LogP contribution < -0.4 is 0 Å². The van der Waals surface area contributed by atoms with Gasteiger partial charge in [0.05, 0.1) is 11.6 Å². The van der Waals surface area contributed by atoms with Crippen molar-refractivity contribution in [3.63, 3.8) is 0 Å². The molecule has 0 aliphatic carbocycles. The second kappa shape index (κ2) is 8.61. The summed E-state index contributed by atoms with van der Waals surface area (Å²) in [5, 5.41) is 11.1. The summed E-state index contributed by atoms with van der Waals surface area (Å²) in [6.07, 6.45) is 0. The molecule has 2 atom stereocenters. The zero-order valence-electron chi connectivity index (χ0n) is 18.5. The zero-order chi connectivity index (χ0) is 24.0. The van der Waals surface area contributed by atoms with Crippen LogP contribution in [0.4, 0.5) is 4.39 Å². The Hall–Kier alpha value is -3.65. The van der Waals surface area contributed by atoms with Crippen molar-refractivity contribution in [2.24, 2.45) is 4.99 Å². The Morgan fingerprint density at radius 3 is 2.53 bits per heavy atom. The molecule has 5 rings (SSSR count). The average molecular weight is 477 g/mol. The topological polar surface area (TPSA) is 83.1 Å². The number of amidine groups is 1. The summed E-state index contributed by atoms with van der Waals surface area (Å²) >= 11 is 1.33. The van der Waals surface area contributed by atoms with E-state index in [0.717, 1.165) is 11.1 Å². The van der Waals surface area contributed by atoms with Gasteiger partial charge >= 0.3 is 0 Å². The number of aryl methyl sites for hydroxylation is 2. The van der Waals surface area contributed by atoms with Crippen LogP contribution in [-0.4, -0.2) is 32.6 Å². The van der Waals surface area contributed by atoms with Crippen molar-refractivity contribution in [3.8, 4) is 0 Å². The van der Waals surface area contributed by atoms with Crippen LogP contribution in [0, 0.1) is 19.7 Å². The molecule has 1 aromatic heterocycles. The van der Waals surface area contributed by atoms with E-state index < -0.39 is 29.3 Å². The lowest BCUT2D eigenvalue weighted by Gasteiger charge is -2.26. The van der Waals surface area contributed by atoms with Crippen molar-refractivity contribution in [1.82, 2.24) is 4.90 Å². The normalized spacial score (nSPS) is 20.3. The summed E-state index contributed by atoms with van der Waals surface area (Å²) in [4.78, 5) is 32.5. The van der Waals surface area contributed by atoms with E-state index >= 15 is 0 Å². The Morgan fingerprint density at radius 2 is 1.85 bits per heavy atom. The molecule has 0 bridgehead atoms. The number of amides is 1. The van der Waals surface area contributed by atoms with Crippen LogP contribution in [0.3, 0.4) is 0 Å². The van der Waals surface area contributed by atoms with E-state index in [9.17, 15) is 19.1 Å². The first-order chi connectivity index (χ1) is 16.3. The van der Waals surface area contributed by atoms with Gasteiger partial charge < -0.3 is 9.52 Å². The lowest BCUT2D eigenvalue weighted by molar-refractivity contribution is -0.125. The summed E-state index contributed by atoms with van der Waals surface area (Å²) in [5.74, 6) is -1.75. The molecule has 3 heterocycles. The van der Waals surface area contributed by atoms with Crippen molar-refractivity contribution in [1.29, 1.82) is 0 Å². The van der Waals surface area contributed by atoms with E-state index in [-0.39, 0.29) is 22.9 Å². The maximum absolute atomic E-state index is 15.0. The number of thioether (sulfide) groups is 1. The average Bonchev–Trinajstić information content (AvgIpc) is 3.53. The lowest BCUT2D eigenvalue weighted by Crippen LogP contribution is -2.35. The monoisotopic (exact) mass is 476 g/mol. The number of hydrogen-bond donors (Lipinski definition) is 1. The van der Waals surface area contributed by atoms with Crippen molar-refractivity contribution in [2.45, 2.75) is 25.9 Å². The smallest absolute Gasteiger partial charge is 0.296 e. The molecule has 1 N–H and O–H groups in total. The van der Waals surface area contributed by atoms with Crippen molar-refractivity contribution in [2.75, 3.05) is 5.75 Å². The summed E-state index contributed by atoms with van der Waals surface area (Å²) < 4.78 is 20.4. The highest BCUT2D eigenvalue weighted by atomic mass is 32.2. The van der Waals surface area contributed by atoms with Gasteiger partial charge in [-0.2, -0.15) is 0 Å². The summed E-state index contributed by atoms with van der Waals surface area (Å²) in [7, 11) is 0. The number of ketones is 1. The second-order valence-electron chi connectivity index (χ2n) is 8.25. The molecule has 6 nitrogen and oxygen atoms in total. The molecule has 0 radical (unpaired) electrons. The molecule has 8 heteroatoms. The number of carbonyl (C=O) groups is 2. The van der Waals surface area contributed by atoms with E-state index in [4.69, 9.17) is 9.41 Å². The number of nitrogens with zero attached hydrogens (tertiary/aromatic N) is 2. The predicted molar refractivity (Wildman–Crippen MR) is 127 cm³/mol. The lowest BCUT2D eigenvalue weighted by atomic mass is 9.95. The number of hydrogen-bond acceptors (Lipinski definition) is 6. The first-order valence-electron chi connectivity index (χ1n) is 10.7. The molecule has 1 amide bonds. The molecule has 34 heavy (non-hydrogen) atoms. The van der Waals surface area contributed by atoms with Gasteiger partial charge in [0.15, 0.2) is 16.7 Å². The van der Waals surface area contributed by atoms with Crippen LogP contribution in [0.25, 0.3) is 0 Å². The van der Waals surface area contributed by atoms with Crippen LogP contribution >= 0.6 is 11.8 Å². The standard InChI is InChI=1S/C26H21FN2O4S/c1-14-7-10-16(11-8-14)19-13-34-26(28-19)29-22(17-5-3-4-6-18(17)27)21(24(31)25(29)32)23(30)20-12-9-15(2)33-20/h3-12,19,22,31H,13H2,1-2H3. The van der Waals surface area contributed by atoms with Crippen LogP contribution in [0.1, 0.15) is 45.1 Å². The number of benzene rings is 2. The Bertz CT molecular complexity index is 1360. The number of furan rings is 1. The zero-order valence-corrected chi connectivity index (χ0v) is 19.3. The first-order valence-corrected chi connectivity index (χ1v) is 11.7. The highest BCUT2D eigenvalue weighted by molar-refractivity contribution is 8.14. The van der Waals surface area contributed by atoms with Gasteiger partial charge in [0.1, 0.15) is 17.6 Å². The van der Waals surface area contributed by atoms with E-state index in [1.165, 1.54) is 40.9 Å². The maximum Gasteiger partial charge on any atom is 0.296 e. The fourth-order valence-electron chi connectivity index (χ4n) is 4.17. The molecule has 172 valence electrons. The molecule has 3 aromatic rings. The Morgan fingerprint density at radius 1 is 1.12 bits per heavy atom. The van der Waals surface area contributed by atoms with Gasteiger partial charge in [-0.3, -0.25) is 19.5 Å². The molecule has 2 aromatic carbocycles. The number of aliphatic imine (C=N–C) groups is 1. The van der Waals surface area contributed by atoms with E-state index in [2.05, 4.69) is 0 Å². The fourth-order valence-corrected chi connectivity index (χ4v) is 5.27. The molecule has 0 spiro atoms. The Labute approximate surface area is 199 Å². The predicted octanol–water partition coefficient (Wildman–Crippen LogP) is 5.46. The van der Waals surface area contributed by atoms with Crippen LogP contribution in [0.2, 0.25) is 0 Å². The number of Topliss-reactive ketones (excluding diaryl/α,β-unsaturated/α-hetero) is 1. The van der Waals surface area contributed by atoms with Gasteiger partial charge in [0, 0.05) is 11.3 Å². The van der Waals surface area contributed by atoms with E-state index in [1.54, 1.807) is 19.1 Å². The fraction of sp³-hybridized carbons (Fsp3) is 0.192. The Balaban J connectivity index is 1.59. The van der Waals surface area contributed by atoms with E-state index in [1.807, 2.05) is 31.2 Å². The molecule has 2 aliphatic heterocycles. The molecule has 2 unspecified atom stereocenters. The molecule has 0 fully saturated rings. The highest BCUT2D eigenvalue weighted by Crippen LogP contribution is 2.44. The first kappa shape index (κ1) is 22.2. The minimum Gasteiger partial charge on any atom is -0.503 e. The number of aliphatic hydroxyl groups is 1. The van der Waals surface area contributed by atoms with Gasteiger partial charge in [0.25, 0.3) is 5.91 Å². The molecular weight excluding hydrogens is 455 g/mol. The van der Waals surface area contributed by atoms with Gasteiger partial charge in [0.2, 0.25) is 5.78 Å². The second-order valence-corrected chi connectivity index (χ2v) is 9.24. The Kier molecular flexibility index (Phi) is 5.61. The summed E-state index contributed by atoms with van der Waals surface area (Å²) in [6.45, 7) is 3.68. The molecule has 0 saturated heterocycles. The summed E-state index contributed by atoms with van der Waals surface area (Å²) in [6, 6.07) is 15.6. The number of halogens is 1.